The van der Waals surface area contributed by atoms with E-state index >= 15 is 0 Å². The van der Waals surface area contributed by atoms with Gasteiger partial charge in [0.1, 0.15) is 0 Å². The van der Waals surface area contributed by atoms with Crippen molar-refractivity contribution in [2.45, 2.75) is 38.6 Å². The van der Waals surface area contributed by atoms with Crippen molar-refractivity contribution in [2.24, 2.45) is 0 Å². The molecule has 1 fully saturated rings. The second-order valence-corrected chi connectivity index (χ2v) is 5.18. The number of amides is 1. The van der Waals surface area contributed by atoms with E-state index in [2.05, 4.69) is 17.2 Å². The molecule has 2 heterocycles. The Kier molecular flexibility index (Phi) is 5.33. The van der Waals surface area contributed by atoms with Gasteiger partial charge in [0.15, 0.2) is 0 Å². The van der Waals surface area contributed by atoms with Crippen LogP contribution in [0.25, 0.3) is 0 Å². The number of carbonyl (C=O) groups excluding carboxylic acids is 1. The lowest BCUT2D eigenvalue weighted by Crippen LogP contribution is -2.39. The Bertz CT molecular complexity index is 386. The number of hydrogen-bond acceptors (Lipinski definition) is 3. The molecule has 1 unspecified atom stereocenters. The van der Waals surface area contributed by atoms with Gasteiger partial charge in [0.25, 0.3) is 0 Å². The van der Waals surface area contributed by atoms with Crippen molar-refractivity contribution in [3.05, 3.63) is 30.1 Å². The van der Waals surface area contributed by atoms with Crippen molar-refractivity contribution in [1.29, 1.82) is 0 Å². The van der Waals surface area contributed by atoms with E-state index in [1.165, 1.54) is 18.4 Å². The summed E-state index contributed by atoms with van der Waals surface area (Å²) in [6, 6.07) is 4.14. The maximum absolute atomic E-state index is 12.1. The van der Waals surface area contributed by atoms with Crippen LogP contribution in [0.4, 0.5) is 0 Å². The highest BCUT2D eigenvalue weighted by Gasteiger charge is 2.16. The Morgan fingerprint density at radius 3 is 2.53 bits per heavy atom. The van der Waals surface area contributed by atoms with Gasteiger partial charge in [-0.15, -0.1) is 0 Å². The summed E-state index contributed by atoms with van der Waals surface area (Å²) in [5, 5.41) is 3.30. The third-order valence-electron chi connectivity index (χ3n) is 3.72. The predicted molar refractivity (Wildman–Crippen MR) is 75.7 cm³/mol. The third-order valence-corrected chi connectivity index (χ3v) is 3.72. The largest absolute Gasteiger partial charge is 0.342 e. The lowest BCUT2D eigenvalue weighted by Gasteiger charge is -2.22. The highest BCUT2D eigenvalue weighted by Crippen LogP contribution is 2.11. The van der Waals surface area contributed by atoms with Gasteiger partial charge in [0, 0.05) is 31.5 Å². The van der Waals surface area contributed by atoms with Crippen LogP contribution < -0.4 is 5.32 Å². The summed E-state index contributed by atoms with van der Waals surface area (Å²) in [6.45, 7) is 4.34. The number of likely N-dealkylation sites (tertiary alicyclic amines) is 1. The van der Waals surface area contributed by atoms with Gasteiger partial charge in [-0.05, 0) is 37.5 Å². The normalized spacial score (nSPS) is 17.8. The fourth-order valence-corrected chi connectivity index (χ4v) is 2.44. The quantitative estimate of drug-likeness (QED) is 0.903. The average molecular weight is 261 g/mol. The minimum Gasteiger partial charge on any atom is -0.342 e. The third kappa shape index (κ3) is 4.31. The summed E-state index contributed by atoms with van der Waals surface area (Å²) in [7, 11) is 0. The molecule has 2 rings (SSSR count). The first-order valence-corrected chi connectivity index (χ1v) is 7.18. The van der Waals surface area contributed by atoms with E-state index in [9.17, 15) is 4.79 Å². The van der Waals surface area contributed by atoms with E-state index in [0.29, 0.717) is 6.54 Å². The Hall–Kier alpha value is -1.42. The zero-order valence-corrected chi connectivity index (χ0v) is 11.6. The van der Waals surface area contributed by atoms with Crippen molar-refractivity contribution >= 4 is 5.91 Å². The Balaban J connectivity index is 1.79. The molecule has 1 atom stereocenters. The Morgan fingerprint density at radius 1 is 1.26 bits per heavy atom. The maximum atomic E-state index is 12.1. The molecule has 1 aliphatic rings. The predicted octanol–water partition coefficient (Wildman–Crippen LogP) is 2.13. The topological polar surface area (TPSA) is 45.2 Å². The van der Waals surface area contributed by atoms with Crippen LogP contribution in [0.5, 0.6) is 0 Å². The highest BCUT2D eigenvalue weighted by atomic mass is 16.2. The Labute approximate surface area is 115 Å². The first-order valence-electron chi connectivity index (χ1n) is 7.18. The molecule has 0 spiro atoms. The average Bonchev–Trinajstić information content (AvgIpc) is 2.74. The van der Waals surface area contributed by atoms with Crippen LogP contribution in [0.1, 0.15) is 44.2 Å². The molecule has 0 radical (unpaired) electrons. The van der Waals surface area contributed by atoms with Crippen LogP contribution >= 0.6 is 0 Å². The molecule has 0 aromatic carbocycles. The first-order chi connectivity index (χ1) is 9.27. The van der Waals surface area contributed by atoms with E-state index < -0.39 is 0 Å². The number of rotatable bonds is 4. The van der Waals surface area contributed by atoms with Crippen molar-refractivity contribution in [1.82, 2.24) is 15.2 Å². The minimum atomic E-state index is 0.180. The van der Waals surface area contributed by atoms with Crippen LogP contribution in [0.15, 0.2) is 24.5 Å². The van der Waals surface area contributed by atoms with Crippen molar-refractivity contribution in [3.63, 3.8) is 0 Å². The van der Waals surface area contributed by atoms with Crippen LogP contribution in [0.2, 0.25) is 0 Å². The number of nitrogens with one attached hydrogen (secondary N) is 1. The molecule has 4 nitrogen and oxygen atoms in total. The van der Waals surface area contributed by atoms with Gasteiger partial charge in [0.05, 0.1) is 6.54 Å². The lowest BCUT2D eigenvalue weighted by atomic mass is 10.1. The summed E-state index contributed by atoms with van der Waals surface area (Å²) >= 11 is 0. The molecule has 4 heteroatoms. The smallest absolute Gasteiger partial charge is 0.236 e. The zero-order chi connectivity index (χ0) is 13.5. The minimum absolute atomic E-state index is 0.180. The zero-order valence-electron chi connectivity index (χ0n) is 11.6. The molecule has 0 saturated carbocycles. The highest BCUT2D eigenvalue weighted by molar-refractivity contribution is 5.78. The summed E-state index contributed by atoms with van der Waals surface area (Å²) in [5.41, 5.74) is 1.17. The molecule has 104 valence electrons. The van der Waals surface area contributed by atoms with E-state index in [4.69, 9.17) is 0 Å². The fourth-order valence-electron chi connectivity index (χ4n) is 2.44. The van der Waals surface area contributed by atoms with Gasteiger partial charge in [-0.3, -0.25) is 9.78 Å². The van der Waals surface area contributed by atoms with Gasteiger partial charge in [0.2, 0.25) is 5.91 Å². The molecular weight excluding hydrogens is 238 g/mol. The number of carbonyl (C=O) groups is 1. The lowest BCUT2D eigenvalue weighted by molar-refractivity contribution is -0.130. The van der Waals surface area contributed by atoms with Crippen LogP contribution in [0, 0.1) is 0 Å². The number of hydrogen-bond donors (Lipinski definition) is 1. The van der Waals surface area contributed by atoms with Crippen LogP contribution in [-0.2, 0) is 4.79 Å². The standard InChI is InChI=1S/C15H23N3O/c1-13(14-6-8-16-9-7-14)17-12-15(19)18-10-4-2-3-5-11-18/h6-9,13,17H,2-5,10-12H2,1H3. The van der Waals surface area contributed by atoms with Crippen LogP contribution in [-0.4, -0.2) is 35.4 Å². The monoisotopic (exact) mass is 261 g/mol. The van der Waals surface area contributed by atoms with Gasteiger partial charge < -0.3 is 10.2 Å². The number of aromatic nitrogens is 1. The SMILES string of the molecule is CC(NCC(=O)N1CCCCCC1)c1ccncc1. The van der Waals surface area contributed by atoms with Crippen molar-refractivity contribution in [3.8, 4) is 0 Å². The van der Waals surface area contributed by atoms with Crippen LogP contribution in [0.3, 0.4) is 0 Å². The van der Waals surface area contributed by atoms with E-state index in [0.717, 1.165) is 25.9 Å². The second-order valence-electron chi connectivity index (χ2n) is 5.18. The fraction of sp³-hybridized carbons (Fsp3) is 0.600. The Morgan fingerprint density at radius 2 is 1.89 bits per heavy atom. The number of pyridine rings is 1. The summed E-state index contributed by atoms with van der Waals surface area (Å²) in [6.07, 6.45) is 8.36. The van der Waals surface area contributed by atoms with Crippen molar-refractivity contribution < 1.29 is 4.79 Å². The van der Waals surface area contributed by atoms with E-state index in [1.54, 1.807) is 12.4 Å². The molecular formula is C15H23N3O. The van der Waals surface area contributed by atoms with Gasteiger partial charge in [-0.1, -0.05) is 12.8 Å². The summed E-state index contributed by atoms with van der Waals surface area (Å²) in [5.74, 6) is 0.225. The van der Waals surface area contributed by atoms with Crippen molar-refractivity contribution in [2.75, 3.05) is 19.6 Å². The first kappa shape index (κ1) is 14.0. The molecule has 1 amide bonds. The van der Waals surface area contributed by atoms with Gasteiger partial charge >= 0.3 is 0 Å². The van der Waals surface area contributed by atoms with E-state index in [1.807, 2.05) is 17.0 Å². The van der Waals surface area contributed by atoms with Gasteiger partial charge in [-0.2, -0.15) is 0 Å². The second kappa shape index (κ2) is 7.24. The summed E-state index contributed by atoms with van der Waals surface area (Å²) < 4.78 is 0. The van der Waals surface area contributed by atoms with Gasteiger partial charge in [-0.25, -0.2) is 0 Å². The molecule has 0 aliphatic carbocycles. The molecule has 1 aliphatic heterocycles. The summed E-state index contributed by atoms with van der Waals surface area (Å²) in [4.78, 5) is 18.1. The molecule has 0 bridgehead atoms. The molecule has 1 aromatic rings. The van der Waals surface area contributed by atoms with E-state index in [-0.39, 0.29) is 11.9 Å². The number of nitrogens with zero attached hydrogens (tertiary/aromatic N) is 2. The maximum Gasteiger partial charge on any atom is 0.236 e. The molecule has 1 saturated heterocycles. The molecule has 1 aromatic heterocycles. The molecule has 1 N–H and O–H groups in total. The molecule has 19 heavy (non-hydrogen) atoms.